The van der Waals surface area contributed by atoms with E-state index in [1.165, 1.54) is 14.0 Å². The summed E-state index contributed by atoms with van der Waals surface area (Å²) < 4.78 is 10.4. The van der Waals surface area contributed by atoms with E-state index in [-0.39, 0.29) is 37.4 Å². The number of pyridine rings is 1. The lowest BCUT2D eigenvalue weighted by molar-refractivity contribution is -0.157. The van der Waals surface area contributed by atoms with E-state index >= 15 is 0 Å². The van der Waals surface area contributed by atoms with Crippen molar-refractivity contribution in [3.05, 3.63) is 42.1 Å². The number of rotatable bonds is 12. The summed E-state index contributed by atoms with van der Waals surface area (Å²) in [6.07, 6.45) is 1.96. The summed E-state index contributed by atoms with van der Waals surface area (Å²) in [6, 6.07) is 8.73. The first kappa shape index (κ1) is 27.1. The summed E-state index contributed by atoms with van der Waals surface area (Å²) in [6.45, 7) is 6.51. The molecule has 1 heterocycles. The molecule has 1 N–H and O–H groups in total. The number of carbonyl (C=O) groups is 4. The van der Waals surface area contributed by atoms with Gasteiger partial charge in [-0.2, -0.15) is 0 Å². The monoisotopic (exact) mass is 470 g/mol. The normalized spacial score (nSPS) is 13.2. The number of hydrogen-bond acceptors (Lipinski definition) is 7. The first-order valence-corrected chi connectivity index (χ1v) is 11.4. The lowest BCUT2D eigenvalue weighted by Gasteiger charge is -2.23. The number of para-hydroxylation sites is 1. The zero-order chi connectivity index (χ0) is 25.3. The molecule has 0 saturated carbocycles. The number of benzene rings is 1. The second-order valence-electron chi connectivity index (χ2n) is 9.37. The SMILES string of the molecule is COC[C@H](NC(=O)[C@H](CC(C)=O)CC(=O)OC(C)(C)C)C(=O)CCc1cccc2cccnc12. The molecule has 8 nitrogen and oxygen atoms in total. The molecule has 8 heteroatoms. The van der Waals surface area contributed by atoms with Crippen LogP contribution in [0.15, 0.2) is 36.5 Å². The molecule has 0 aliphatic heterocycles. The summed E-state index contributed by atoms with van der Waals surface area (Å²) in [5.41, 5.74) is 1.07. The predicted molar refractivity (Wildman–Crippen MR) is 128 cm³/mol. The van der Waals surface area contributed by atoms with Gasteiger partial charge in [0.1, 0.15) is 17.4 Å². The Bertz CT molecular complexity index is 1020. The topological polar surface area (TPSA) is 112 Å². The Morgan fingerprint density at radius 3 is 2.41 bits per heavy atom. The summed E-state index contributed by atoms with van der Waals surface area (Å²) in [5, 5.41) is 3.66. The number of ether oxygens (including phenoxy) is 2. The average molecular weight is 471 g/mol. The van der Waals surface area contributed by atoms with E-state index < -0.39 is 29.4 Å². The Morgan fingerprint density at radius 2 is 1.76 bits per heavy atom. The highest BCUT2D eigenvalue weighted by Crippen LogP contribution is 2.19. The molecule has 184 valence electrons. The van der Waals surface area contributed by atoms with Gasteiger partial charge in [0.05, 0.1) is 24.5 Å². The molecule has 34 heavy (non-hydrogen) atoms. The van der Waals surface area contributed by atoms with Gasteiger partial charge in [0.2, 0.25) is 5.91 Å². The van der Waals surface area contributed by atoms with Gasteiger partial charge in [-0.25, -0.2) is 0 Å². The Morgan fingerprint density at radius 1 is 1.06 bits per heavy atom. The molecular weight excluding hydrogens is 436 g/mol. The Kier molecular flexibility index (Phi) is 9.86. The third-order valence-corrected chi connectivity index (χ3v) is 5.13. The quantitative estimate of drug-likeness (QED) is 0.474. The Balaban J connectivity index is 2.07. The summed E-state index contributed by atoms with van der Waals surface area (Å²) in [5.74, 6) is -2.50. The van der Waals surface area contributed by atoms with Crippen LogP contribution in [0.2, 0.25) is 0 Å². The molecule has 0 unspecified atom stereocenters. The predicted octanol–water partition coefficient (Wildman–Crippen LogP) is 3.19. The number of aromatic nitrogens is 1. The second-order valence-corrected chi connectivity index (χ2v) is 9.37. The summed E-state index contributed by atoms with van der Waals surface area (Å²) >= 11 is 0. The van der Waals surface area contributed by atoms with Gasteiger partial charge in [-0.3, -0.25) is 19.4 Å². The van der Waals surface area contributed by atoms with Crippen LogP contribution >= 0.6 is 0 Å². The minimum absolute atomic E-state index is 0.0163. The fourth-order valence-corrected chi connectivity index (χ4v) is 3.66. The Hall–Kier alpha value is -3.13. The molecule has 0 aliphatic carbocycles. The number of fused-ring (bicyclic) bond motifs is 1. The molecular formula is C26H34N2O6. The smallest absolute Gasteiger partial charge is 0.307 e. The molecule has 2 atom stereocenters. The molecule has 0 aliphatic rings. The van der Waals surface area contributed by atoms with Crippen LogP contribution in [0.3, 0.4) is 0 Å². The number of hydrogen-bond donors (Lipinski definition) is 1. The standard InChI is InChI=1S/C26H34N2O6/c1-17(29)14-20(15-23(31)34-26(2,3)4)25(32)28-21(16-33-5)22(30)12-11-19-9-6-8-18-10-7-13-27-24(18)19/h6-10,13,20-21H,11-12,14-16H2,1-5H3,(H,28,32)/t20-,21+/m1/s1. The number of carbonyl (C=O) groups excluding carboxylic acids is 4. The van der Waals surface area contributed by atoms with Gasteiger partial charge in [0.25, 0.3) is 0 Å². The highest BCUT2D eigenvalue weighted by Gasteiger charge is 2.30. The van der Waals surface area contributed by atoms with Crippen LogP contribution in [-0.2, 0) is 35.1 Å². The average Bonchev–Trinajstić information content (AvgIpc) is 2.75. The van der Waals surface area contributed by atoms with Crippen LogP contribution in [0, 0.1) is 5.92 Å². The van der Waals surface area contributed by atoms with E-state index in [0.29, 0.717) is 6.42 Å². The zero-order valence-corrected chi connectivity index (χ0v) is 20.6. The zero-order valence-electron chi connectivity index (χ0n) is 20.6. The van der Waals surface area contributed by atoms with Crippen LogP contribution in [-0.4, -0.2) is 53.8 Å². The number of esters is 1. The van der Waals surface area contributed by atoms with Crippen molar-refractivity contribution >= 4 is 34.3 Å². The first-order chi connectivity index (χ1) is 16.0. The number of nitrogens with zero attached hydrogens (tertiary/aromatic N) is 1. The molecule has 1 amide bonds. The highest BCUT2D eigenvalue weighted by atomic mass is 16.6. The van der Waals surface area contributed by atoms with Crippen LogP contribution < -0.4 is 5.32 Å². The molecule has 0 radical (unpaired) electrons. The molecule has 0 bridgehead atoms. The van der Waals surface area contributed by atoms with Crippen LogP contribution in [0.4, 0.5) is 0 Å². The second kappa shape index (κ2) is 12.4. The van der Waals surface area contributed by atoms with E-state index in [1.807, 2.05) is 30.3 Å². The van der Waals surface area contributed by atoms with Gasteiger partial charge in [0, 0.05) is 31.5 Å². The molecule has 0 saturated heterocycles. The van der Waals surface area contributed by atoms with Crippen LogP contribution in [0.1, 0.15) is 52.5 Å². The van der Waals surface area contributed by atoms with E-state index in [4.69, 9.17) is 9.47 Å². The van der Waals surface area contributed by atoms with Gasteiger partial charge in [-0.1, -0.05) is 24.3 Å². The maximum Gasteiger partial charge on any atom is 0.307 e. The van der Waals surface area contributed by atoms with Gasteiger partial charge < -0.3 is 19.6 Å². The van der Waals surface area contributed by atoms with Crippen molar-refractivity contribution in [2.24, 2.45) is 5.92 Å². The number of ketones is 2. The van der Waals surface area contributed by atoms with E-state index in [0.717, 1.165) is 16.5 Å². The number of amides is 1. The molecule has 1 aromatic heterocycles. The van der Waals surface area contributed by atoms with Crippen molar-refractivity contribution < 1.29 is 28.7 Å². The minimum atomic E-state index is -0.929. The van der Waals surface area contributed by atoms with Crippen molar-refractivity contribution in [2.45, 2.75) is 65.0 Å². The summed E-state index contributed by atoms with van der Waals surface area (Å²) in [4.78, 5) is 54.3. The van der Waals surface area contributed by atoms with E-state index in [9.17, 15) is 19.2 Å². The van der Waals surface area contributed by atoms with Crippen LogP contribution in [0.5, 0.6) is 0 Å². The number of Topliss-reactive ketones (excluding diaryl/α,β-unsaturated/α-hetero) is 2. The molecule has 1 aromatic carbocycles. The Labute approximate surface area is 200 Å². The van der Waals surface area contributed by atoms with Gasteiger partial charge >= 0.3 is 5.97 Å². The van der Waals surface area contributed by atoms with E-state index in [2.05, 4.69) is 10.3 Å². The fourth-order valence-electron chi connectivity index (χ4n) is 3.66. The molecule has 0 fully saturated rings. The molecule has 2 rings (SSSR count). The van der Waals surface area contributed by atoms with Gasteiger partial charge in [-0.15, -0.1) is 0 Å². The van der Waals surface area contributed by atoms with Crippen molar-refractivity contribution in [1.29, 1.82) is 0 Å². The highest BCUT2D eigenvalue weighted by molar-refractivity contribution is 5.93. The van der Waals surface area contributed by atoms with Crippen molar-refractivity contribution in [3.8, 4) is 0 Å². The lowest BCUT2D eigenvalue weighted by Crippen LogP contribution is -2.47. The van der Waals surface area contributed by atoms with Crippen molar-refractivity contribution in [2.75, 3.05) is 13.7 Å². The fraction of sp³-hybridized carbons (Fsp3) is 0.500. The lowest BCUT2D eigenvalue weighted by atomic mass is 9.96. The van der Waals surface area contributed by atoms with E-state index in [1.54, 1.807) is 27.0 Å². The maximum atomic E-state index is 13.0. The van der Waals surface area contributed by atoms with Crippen LogP contribution in [0.25, 0.3) is 10.9 Å². The largest absolute Gasteiger partial charge is 0.460 e. The number of methoxy groups -OCH3 is 1. The maximum absolute atomic E-state index is 13.0. The number of nitrogens with one attached hydrogen (secondary N) is 1. The molecule has 2 aromatic rings. The first-order valence-electron chi connectivity index (χ1n) is 11.4. The summed E-state index contributed by atoms with van der Waals surface area (Å²) in [7, 11) is 1.44. The third-order valence-electron chi connectivity index (χ3n) is 5.13. The van der Waals surface area contributed by atoms with Crippen molar-refractivity contribution in [1.82, 2.24) is 10.3 Å². The van der Waals surface area contributed by atoms with Gasteiger partial charge in [-0.05, 0) is 45.7 Å². The number of aryl methyl sites for hydroxylation is 1. The molecule has 0 spiro atoms. The third kappa shape index (κ3) is 8.67. The van der Waals surface area contributed by atoms with Gasteiger partial charge in [0.15, 0.2) is 5.78 Å². The minimum Gasteiger partial charge on any atom is -0.460 e. The van der Waals surface area contributed by atoms with Crippen molar-refractivity contribution in [3.63, 3.8) is 0 Å².